The lowest BCUT2D eigenvalue weighted by atomic mass is 10.2. The summed E-state index contributed by atoms with van der Waals surface area (Å²) in [4.78, 5) is 1.45. The highest BCUT2D eigenvalue weighted by molar-refractivity contribution is 9.09. The Morgan fingerprint density at radius 2 is 1.89 bits per heavy atom. The van der Waals surface area contributed by atoms with Crippen molar-refractivity contribution in [2.75, 3.05) is 5.75 Å². The molecule has 0 saturated carbocycles. The van der Waals surface area contributed by atoms with Crippen molar-refractivity contribution in [3.05, 3.63) is 64.4 Å². The van der Waals surface area contributed by atoms with E-state index in [4.69, 9.17) is 0 Å². The minimum atomic E-state index is 1.05. The van der Waals surface area contributed by atoms with Crippen molar-refractivity contribution in [3.63, 3.8) is 0 Å². The van der Waals surface area contributed by atoms with E-state index in [-0.39, 0.29) is 0 Å². The van der Waals surface area contributed by atoms with Crippen molar-refractivity contribution in [2.45, 2.75) is 5.75 Å². The van der Waals surface area contributed by atoms with E-state index in [0.29, 0.717) is 0 Å². The first kappa shape index (κ1) is 14.1. The van der Waals surface area contributed by atoms with Crippen LogP contribution in [0.2, 0.25) is 0 Å². The van der Waals surface area contributed by atoms with Crippen LogP contribution in [0.1, 0.15) is 10.4 Å². The molecule has 0 aliphatic heterocycles. The van der Waals surface area contributed by atoms with Crippen LogP contribution in [0.25, 0.3) is 6.08 Å². The van der Waals surface area contributed by atoms with Gasteiger partial charge >= 0.3 is 0 Å². The van der Waals surface area contributed by atoms with Crippen LogP contribution in [0.4, 0.5) is 0 Å². The summed E-state index contributed by atoms with van der Waals surface area (Å²) in [6.45, 7) is 0. The fourth-order valence-electron chi connectivity index (χ4n) is 1.33. The van der Waals surface area contributed by atoms with E-state index in [2.05, 4.69) is 53.9 Å². The Bertz CT molecular complexity index is 448. The van der Waals surface area contributed by atoms with Crippen molar-refractivity contribution in [1.29, 1.82) is 0 Å². The second kappa shape index (κ2) is 8.75. The van der Waals surface area contributed by atoms with Gasteiger partial charge in [0, 0.05) is 16.4 Å². The van der Waals surface area contributed by atoms with Gasteiger partial charge in [-0.3, -0.25) is 0 Å². The maximum absolute atomic E-state index is 2.22. The average Bonchev–Trinajstić information content (AvgIpc) is 2.92. The second-order valence-corrected chi connectivity index (χ2v) is 8.82. The molecule has 2 rings (SSSR count). The lowest BCUT2D eigenvalue weighted by Crippen LogP contribution is -1.70. The van der Waals surface area contributed by atoms with Gasteiger partial charge in [-0.05, 0) is 26.8 Å². The van der Waals surface area contributed by atoms with E-state index in [9.17, 15) is 0 Å². The van der Waals surface area contributed by atoms with E-state index in [1.54, 1.807) is 0 Å². The van der Waals surface area contributed by atoms with Crippen LogP contribution in [-0.2, 0) is 5.75 Å². The molecule has 0 N–H and O–H groups in total. The topological polar surface area (TPSA) is 0 Å². The van der Waals surface area contributed by atoms with E-state index in [0.717, 1.165) is 11.5 Å². The molecule has 0 aliphatic carbocycles. The molecule has 0 spiro atoms. The first-order chi connectivity index (χ1) is 8.95. The zero-order valence-electron chi connectivity index (χ0n) is 9.82. The van der Waals surface area contributed by atoms with Crippen molar-refractivity contribution >= 4 is 48.8 Å². The highest BCUT2D eigenvalue weighted by Crippen LogP contribution is 2.37. The van der Waals surface area contributed by atoms with Gasteiger partial charge in [0.1, 0.15) is 0 Å². The van der Waals surface area contributed by atoms with Crippen LogP contribution in [0.5, 0.6) is 0 Å². The van der Waals surface area contributed by atoms with Gasteiger partial charge < -0.3 is 0 Å². The highest BCUT2D eigenvalue weighted by Gasteiger charge is 1.94. The van der Waals surface area contributed by atoms with Gasteiger partial charge in [0.15, 0.2) is 0 Å². The molecule has 2 aromatic rings. The highest BCUT2D eigenvalue weighted by atomic mass is 33.5. The van der Waals surface area contributed by atoms with E-state index >= 15 is 0 Å². The van der Waals surface area contributed by atoms with Gasteiger partial charge in [0.05, 0.1) is 0 Å². The lowest BCUT2D eigenvalue weighted by molar-refractivity contribution is 1.57. The molecule has 0 nitrogen and oxygen atoms in total. The Morgan fingerprint density at radius 1 is 1.00 bits per heavy atom. The molecule has 0 atom stereocenters. The Balaban J connectivity index is 1.55. The summed E-state index contributed by atoms with van der Waals surface area (Å²) in [5.74, 6) is 2.16. The monoisotopic (exact) mass is 310 g/mol. The molecule has 1 heterocycles. The van der Waals surface area contributed by atoms with E-state index in [1.165, 1.54) is 10.4 Å². The first-order valence-electron chi connectivity index (χ1n) is 5.60. The predicted molar refractivity (Wildman–Crippen MR) is 91.1 cm³/mol. The van der Waals surface area contributed by atoms with Crippen molar-refractivity contribution in [1.82, 2.24) is 0 Å². The predicted octanol–water partition coefficient (Wildman–Crippen LogP) is 5.99. The van der Waals surface area contributed by atoms with Crippen LogP contribution in [-0.4, -0.2) is 5.75 Å². The molecule has 1 aromatic carbocycles. The van der Waals surface area contributed by atoms with Gasteiger partial charge in [0.2, 0.25) is 0 Å². The molecular formula is C14H14S4. The summed E-state index contributed by atoms with van der Waals surface area (Å²) in [6.07, 6.45) is 4.40. The van der Waals surface area contributed by atoms with Crippen LogP contribution < -0.4 is 0 Å². The molecule has 0 bridgehead atoms. The third-order valence-corrected chi connectivity index (χ3v) is 7.23. The number of benzene rings is 1. The molecule has 0 aliphatic rings. The van der Waals surface area contributed by atoms with E-state index in [1.807, 2.05) is 48.8 Å². The fraction of sp³-hybridized carbons (Fsp3) is 0.143. The molecule has 0 fully saturated rings. The summed E-state index contributed by atoms with van der Waals surface area (Å²) in [6, 6.07) is 14.7. The number of hydrogen-bond acceptors (Lipinski definition) is 4. The zero-order chi connectivity index (χ0) is 12.5. The standard InChI is InChI=1S/C14H14S4/c1-2-6-13(7-3-1)8-4-11-16-18-17-12-14-9-5-10-15-14/h1-10H,11-12H2/b8-4+. The van der Waals surface area contributed by atoms with Gasteiger partial charge in [-0.2, -0.15) is 0 Å². The first-order valence-corrected chi connectivity index (χ1v) is 10.3. The Morgan fingerprint density at radius 3 is 2.67 bits per heavy atom. The third-order valence-electron chi connectivity index (χ3n) is 2.15. The van der Waals surface area contributed by atoms with Crippen LogP contribution in [0.15, 0.2) is 53.9 Å². The van der Waals surface area contributed by atoms with E-state index < -0.39 is 0 Å². The van der Waals surface area contributed by atoms with Crippen LogP contribution in [0, 0.1) is 0 Å². The SMILES string of the molecule is C(=C\c1ccccc1)/CSSSCc1cccs1. The number of rotatable bonds is 7. The Labute approximate surface area is 124 Å². The van der Waals surface area contributed by atoms with Crippen LogP contribution in [0.3, 0.4) is 0 Å². The van der Waals surface area contributed by atoms with Crippen molar-refractivity contribution in [3.8, 4) is 0 Å². The van der Waals surface area contributed by atoms with Gasteiger partial charge in [-0.25, -0.2) is 0 Å². The van der Waals surface area contributed by atoms with Gasteiger partial charge in [0.25, 0.3) is 0 Å². The summed E-state index contributed by atoms with van der Waals surface area (Å²) in [5, 5.41) is 2.14. The molecule has 94 valence electrons. The number of hydrogen-bond donors (Lipinski definition) is 0. The normalized spacial score (nSPS) is 11.1. The molecular weight excluding hydrogens is 296 g/mol. The molecule has 0 amide bonds. The van der Waals surface area contributed by atoms with Crippen LogP contribution >= 0.6 is 42.8 Å². The largest absolute Gasteiger partial charge is 0.148 e. The average molecular weight is 311 g/mol. The Kier molecular flexibility index (Phi) is 6.87. The fourth-order valence-corrected chi connectivity index (χ4v) is 5.72. The molecule has 4 heteroatoms. The molecule has 0 unspecified atom stereocenters. The molecule has 1 aromatic heterocycles. The van der Waals surface area contributed by atoms with Crippen molar-refractivity contribution in [2.24, 2.45) is 0 Å². The minimum absolute atomic E-state index is 1.05. The smallest absolute Gasteiger partial charge is 0.0391 e. The molecule has 0 saturated heterocycles. The number of thiophene rings is 1. The minimum Gasteiger partial charge on any atom is -0.148 e. The maximum atomic E-state index is 2.22. The summed E-state index contributed by atoms with van der Waals surface area (Å²) in [5.41, 5.74) is 1.27. The zero-order valence-corrected chi connectivity index (χ0v) is 13.1. The summed E-state index contributed by atoms with van der Waals surface area (Å²) in [7, 11) is 5.68. The molecule has 0 radical (unpaired) electrons. The van der Waals surface area contributed by atoms with Gasteiger partial charge in [-0.1, -0.05) is 70.1 Å². The summed E-state index contributed by atoms with van der Waals surface area (Å²) < 4.78 is 0. The Hall–Kier alpha value is -0.290. The van der Waals surface area contributed by atoms with Gasteiger partial charge in [-0.15, -0.1) is 11.3 Å². The third kappa shape index (κ3) is 5.57. The summed E-state index contributed by atoms with van der Waals surface area (Å²) >= 11 is 1.83. The second-order valence-electron chi connectivity index (χ2n) is 3.51. The lowest BCUT2D eigenvalue weighted by Gasteiger charge is -1.96. The molecule has 18 heavy (non-hydrogen) atoms. The quantitative estimate of drug-likeness (QED) is 0.455. The maximum Gasteiger partial charge on any atom is 0.0391 e. The van der Waals surface area contributed by atoms with Crippen molar-refractivity contribution < 1.29 is 0 Å².